The molecule has 0 bridgehead atoms. The number of nitrogens with zero attached hydrogens (tertiary/aromatic N) is 2. The Kier molecular flexibility index (Phi) is 7.72. The number of aromatic nitrogens is 2. The first kappa shape index (κ1) is 18.8. The molecular formula is C15H23ClN4OS. The lowest BCUT2D eigenvalue weighted by Gasteiger charge is -2.17. The molecule has 0 saturated carbocycles. The minimum absolute atomic E-state index is 0. The van der Waals surface area contributed by atoms with Gasteiger partial charge in [0.1, 0.15) is 5.82 Å². The number of nitrogens with one attached hydrogen (secondary N) is 2. The van der Waals surface area contributed by atoms with Crippen molar-refractivity contribution in [2.45, 2.75) is 12.2 Å². The van der Waals surface area contributed by atoms with Crippen molar-refractivity contribution in [3.63, 3.8) is 0 Å². The zero-order valence-electron chi connectivity index (χ0n) is 13.1. The topological polar surface area (TPSA) is 61.0 Å². The van der Waals surface area contributed by atoms with Crippen molar-refractivity contribution in [3.8, 4) is 0 Å². The number of para-hydroxylation sites is 2. The summed E-state index contributed by atoms with van der Waals surface area (Å²) in [6, 6.07) is 7.97. The van der Waals surface area contributed by atoms with Crippen LogP contribution in [-0.2, 0) is 4.79 Å². The van der Waals surface area contributed by atoms with E-state index in [0.717, 1.165) is 29.9 Å². The lowest BCUT2D eigenvalue weighted by atomic mass is 10.3. The molecule has 2 aromatic rings. The van der Waals surface area contributed by atoms with Gasteiger partial charge in [0.05, 0.1) is 22.0 Å². The second-order valence-corrected chi connectivity index (χ2v) is 6.34. The quantitative estimate of drug-likeness (QED) is 0.811. The molecular weight excluding hydrogens is 320 g/mol. The minimum atomic E-state index is 0. The van der Waals surface area contributed by atoms with Gasteiger partial charge in [-0.3, -0.25) is 4.79 Å². The second kappa shape index (κ2) is 9.02. The Bertz CT molecular complexity index is 571. The smallest absolute Gasteiger partial charge is 0.232 e. The van der Waals surface area contributed by atoms with Crippen molar-refractivity contribution in [1.29, 1.82) is 0 Å². The number of thioether (sulfide) groups is 1. The maximum absolute atomic E-state index is 12.0. The Morgan fingerprint density at radius 2 is 2.18 bits per heavy atom. The van der Waals surface area contributed by atoms with Crippen LogP contribution in [0.25, 0.3) is 11.0 Å². The van der Waals surface area contributed by atoms with Crippen molar-refractivity contribution in [2.24, 2.45) is 0 Å². The van der Waals surface area contributed by atoms with Crippen LogP contribution < -0.4 is 5.32 Å². The first-order chi connectivity index (χ1) is 10.1. The second-order valence-electron chi connectivity index (χ2n) is 5.01. The monoisotopic (exact) mass is 342 g/mol. The summed E-state index contributed by atoms with van der Waals surface area (Å²) < 4.78 is 0. The van der Waals surface area contributed by atoms with Crippen molar-refractivity contribution in [1.82, 2.24) is 20.2 Å². The highest BCUT2D eigenvalue weighted by Gasteiger charge is 2.15. The van der Waals surface area contributed by atoms with Gasteiger partial charge in [-0.05, 0) is 26.1 Å². The van der Waals surface area contributed by atoms with Crippen LogP contribution in [0.1, 0.15) is 18.0 Å². The molecule has 0 saturated heterocycles. The molecule has 1 atom stereocenters. The van der Waals surface area contributed by atoms with Crippen LogP contribution in [0.4, 0.5) is 0 Å². The molecule has 1 aromatic carbocycles. The molecule has 1 heterocycles. The minimum Gasteiger partial charge on any atom is -0.344 e. The number of rotatable bonds is 7. The third kappa shape index (κ3) is 4.90. The number of hydrogen-bond acceptors (Lipinski definition) is 4. The maximum Gasteiger partial charge on any atom is 0.232 e. The normalized spacial score (nSPS) is 12.0. The number of imidazole rings is 1. The summed E-state index contributed by atoms with van der Waals surface area (Å²) in [7, 11) is 3.73. The number of aromatic amines is 1. The number of amides is 1. The number of likely N-dealkylation sites (N-methyl/N-ethyl adjacent to an activating group) is 2. The van der Waals surface area contributed by atoms with Crippen LogP contribution in [-0.4, -0.2) is 53.7 Å². The first-order valence-corrected chi connectivity index (χ1v) is 8.11. The van der Waals surface area contributed by atoms with E-state index in [1.165, 1.54) is 0 Å². The van der Waals surface area contributed by atoms with E-state index in [2.05, 4.69) is 22.2 Å². The van der Waals surface area contributed by atoms with E-state index in [-0.39, 0.29) is 23.6 Å². The predicted molar refractivity (Wildman–Crippen MR) is 95.8 cm³/mol. The number of benzene rings is 1. The molecule has 1 unspecified atom stereocenters. The van der Waals surface area contributed by atoms with Gasteiger partial charge in [0, 0.05) is 20.1 Å². The summed E-state index contributed by atoms with van der Waals surface area (Å²) in [5, 5.41) is 3.21. The summed E-state index contributed by atoms with van der Waals surface area (Å²) in [4.78, 5) is 21.7. The van der Waals surface area contributed by atoms with E-state index in [4.69, 9.17) is 0 Å². The molecule has 2 rings (SSSR count). The molecule has 1 amide bonds. The molecule has 0 aliphatic rings. The van der Waals surface area contributed by atoms with Crippen LogP contribution in [0, 0.1) is 0 Å². The van der Waals surface area contributed by atoms with E-state index in [1.54, 1.807) is 16.7 Å². The van der Waals surface area contributed by atoms with Gasteiger partial charge in [0.2, 0.25) is 5.91 Å². The Morgan fingerprint density at radius 1 is 1.45 bits per heavy atom. The van der Waals surface area contributed by atoms with Crippen LogP contribution in [0.3, 0.4) is 0 Å². The molecule has 0 spiro atoms. The fraction of sp³-hybridized carbons (Fsp3) is 0.467. The van der Waals surface area contributed by atoms with Gasteiger partial charge in [0.25, 0.3) is 0 Å². The van der Waals surface area contributed by atoms with E-state index in [0.29, 0.717) is 5.75 Å². The van der Waals surface area contributed by atoms with Crippen molar-refractivity contribution in [3.05, 3.63) is 30.1 Å². The molecule has 5 nitrogen and oxygen atoms in total. The summed E-state index contributed by atoms with van der Waals surface area (Å²) >= 11 is 1.61. The van der Waals surface area contributed by atoms with Crippen molar-refractivity contribution in [2.75, 3.05) is 32.9 Å². The van der Waals surface area contributed by atoms with Gasteiger partial charge in [0.15, 0.2) is 0 Å². The van der Waals surface area contributed by atoms with E-state index in [9.17, 15) is 4.79 Å². The lowest BCUT2D eigenvalue weighted by Crippen LogP contribution is -2.34. The van der Waals surface area contributed by atoms with Gasteiger partial charge in [-0.15, -0.1) is 24.2 Å². The number of carbonyl (C=O) groups is 1. The molecule has 0 aliphatic carbocycles. The van der Waals surface area contributed by atoms with Gasteiger partial charge in [-0.25, -0.2) is 4.98 Å². The highest BCUT2D eigenvalue weighted by molar-refractivity contribution is 8.00. The largest absolute Gasteiger partial charge is 0.344 e. The molecule has 0 radical (unpaired) electrons. The fourth-order valence-corrected chi connectivity index (χ4v) is 2.84. The van der Waals surface area contributed by atoms with E-state index in [1.807, 2.05) is 38.4 Å². The van der Waals surface area contributed by atoms with E-state index >= 15 is 0 Å². The maximum atomic E-state index is 12.0. The number of fused-ring (bicyclic) bond motifs is 1. The van der Waals surface area contributed by atoms with Gasteiger partial charge in [-0.2, -0.15) is 0 Å². The third-order valence-corrected chi connectivity index (χ3v) is 4.51. The fourth-order valence-electron chi connectivity index (χ4n) is 1.95. The van der Waals surface area contributed by atoms with Gasteiger partial charge in [-0.1, -0.05) is 12.1 Å². The Morgan fingerprint density at radius 3 is 2.86 bits per heavy atom. The van der Waals surface area contributed by atoms with Crippen molar-refractivity contribution < 1.29 is 4.79 Å². The molecule has 1 aromatic heterocycles. The molecule has 7 heteroatoms. The zero-order chi connectivity index (χ0) is 15.2. The Hall–Kier alpha value is -1.24. The zero-order valence-corrected chi connectivity index (χ0v) is 14.8. The molecule has 22 heavy (non-hydrogen) atoms. The number of halogens is 1. The Balaban J connectivity index is 0.00000242. The number of hydrogen-bond donors (Lipinski definition) is 2. The third-order valence-electron chi connectivity index (χ3n) is 3.37. The molecule has 2 N–H and O–H groups in total. The average Bonchev–Trinajstić information content (AvgIpc) is 2.93. The van der Waals surface area contributed by atoms with Crippen molar-refractivity contribution >= 4 is 41.1 Å². The average molecular weight is 343 g/mol. The number of carbonyl (C=O) groups excluding carboxylic acids is 1. The van der Waals surface area contributed by atoms with Crippen LogP contribution >= 0.6 is 24.2 Å². The van der Waals surface area contributed by atoms with Gasteiger partial charge < -0.3 is 15.2 Å². The summed E-state index contributed by atoms with van der Waals surface area (Å²) in [6.45, 7) is 3.62. The number of H-pyrrole nitrogens is 1. The SMILES string of the molecule is CNCCN(C)C(=O)CSC(C)c1nc2ccccc2[nH]1.Cl. The van der Waals surface area contributed by atoms with Crippen LogP contribution in [0.5, 0.6) is 0 Å². The highest BCUT2D eigenvalue weighted by atomic mass is 35.5. The molecule has 122 valence electrons. The standard InChI is InChI=1S/C15H22N4OS.ClH/c1-11(21-10-14(20)19(3)9-8-16-2)15-17-12-6-4-5-7-13(12)18-15;/h4-7,11,16H,8-10H2,1-3H3,(H,17,18);1H. The predicted octanol–water partition coefficient (Wildman–Crippen LogP) is 2.46. The highest BCUT2D eigenvalue weighted by Crippen LogP contribution is 2.27. The van der Waals surface area contributed by atoms with Gasteiger partial charge >= 0.3 is 0 Å². The molecule has 0 aliphatic heterocycles. The first-order valence-electron chi connectivity index (χ1n) is 7.06. The summed E-state index contributed by atoms with van der Waals surface area (Å²) in [5.74, 6) is 1.54. The molecule has 0 fully saturated rings. The lowest BCUT2D eigenvalue weighted by molar-refractivity contribution is -0.127. The summed E-state index contributed by atoms with van der Waals surface area (Å²) in [5.41, 5.74) is 2.01. The van der Waals surface area contributed by atoms with Crippen LogP contribution in [0.15, 0.2) is 24.3 Å². The van der Waals surface area contributed by atoms with Crippen LogP contribution in [0.2, 0.25) is 0 Å². The summed E-state index contributed by atoms with van der Waals surface area (Å²) in [6.07, 6.45) is 0. The Labute approximate surface area is 141 Å². The van der Waals surface area contributed by atoms with E-state index < -0.39 is 0 Å².